The van der Waals surface area contributed by atoms with E-state index in [1.807, 2.05) is 16.7 Å². The highest BCUT2D eigenvalue weighted by molar-refractivity contribution is 7.07. The number of hydrogen-bond acceptors (Lipinski definition) is 5. The van der Waals surface area contributed by atoms with Crippen molar-refractivity contribution in [3.8, 4) is 28.5 Å². The number of rotatable bonds is 5. The zero-order valence-electron chi connectivity index (χ0n) is 18.3. The monoisotopic (exact) mass is 502 g/mol. The number of ether oxygens (including phenoxy) is 3. The van der Waals surface area contributed by atoms with Gasteiger partial charge in [-0.1, -0.05) is 12.1 Å². The van der Waals surface area contributed by atoms with Crippen LogP contribution in [0.1, 0.15) is 11.1 Å². The van der Waals surface area contributed by atoms with Gasteiger partial charge in [0.2, 0.25) is 6.79 Å². The summed E-state index contributed by atoms with van der Waals surface area (Å²) in [6.45, 7) is 0.456. The van der Waals surface area contributed by atoms with Crippen LogP contribution in [0.5, 0.6) is 17.2 Å². The molecule has 1 aliphatic heterocycles. The normalized spacial score (nSPS) is 13.3. The minimum atomic E-state index is -4.48. The molecule has 0 bridgehead atoms. The van der Waals surface area contributed by atoms with Crippen molar-refractivity contribution in [1.82, 2.24) is 4.57 Å². The zero-order valence-corrected chi connectivity index (χ0v) is 19.1. The van der Waals surface area contributed by atoms with E-state index in [2.05, 4.69) is 4.99 Å². The highest BCUT2D eigenvalue weighted by Gasteiger charge is 2.30. The van der Waals surface area contributed by atoms with E-state index in [0.717, 1.165) is 17.7 Å². The molecule has 0 amide bonds. The molecule has 0 aliphatic carbocycles. The lowest BCUT2D eigenvalue weighted by Gasteiger charge is -2.11. The molecule has 0 unspecified atom stereocenters. The lowest BCUT2D eigenvalue weighted by Crippen LogP contribution is -2.17. The molecular weight excluding hydrogens is 484 g/mol. The second kappa shape index (κ2) is 9.10. The Morgan fingerprint density at radius 1 is 1.03 bits per heavy atom. The summed E-state index contributed by atoms with van der Waals surface area (Å²) in [4.78, 5) is 4.95. The smallest absolute Gasteiger partial charge is 0.416 e. The van der Waals surface area contributed by atoms with Crippen LogP contribution in [0, 0.1) is 5.82 Å². The lowest BCUT2D eigenvalue weighted by molar-refractivity contribution is -0.137. The molecule has 2 heterocycles. The molecule has 0 radical (unpaired) electrons. The first-order chi connectivity index (χ1) is 16.8. The predicted molar refractivity (Wildman–Crippen MR) is 123 cm³/mol. The molecule has 0 spiro atoms. The van der Waals surface area contributed by atoms with Gasteiger partial charge >= 0.3 is 6.18 Å². The first-order valence-corrected chi connectivity index (χ1v) is 11.3. The number of fused-ring (bicyclic) bond motifs is 1. The molecule has 10 heteroatoms. The van der Waals surface area contributed by atoms with Crippen LogP contribution in [0.2, 0.25) is 0 Å². The summed E-state index contributed by atoms with van der Waals surface area (Å²) in [6, 6.07) is 14.9. The maximum atomic E-state index is 14.5. The second-order valence-corrected chi connectivity index (χ2v) is 8.52. The average Bonchev–Trinajstić information content (AvgIpc) is 3.45. The third-order valence-electron chi connectivity index (χ3n) is 5.42. The number of nitrogens with zero attached hydrogens (tertiary/aromatic N) is 2. The van der Waals surface area contributed by atoms with Crippen molar-refractivity contribution >= 4 is 17.0 Å². The van der Waals surface area contributed by atoms with E-state index in [0.29, 0.717) is 34.1 Å². The standard InChI is InChI=1S/C25H18F4N2O3S/c1-32-21-8-6-16(10-19(21)26)20-13-35-24(30-18-4-2-3-17(11-18)25(27,28)29)31(20)12-15-5-7-22-23(9-15)34-14-33-22/h2-11,13H,12,14H2,1H3. The van der Waals surface area contributed by atoms with Crippen LogP contribution in [-0.4, -0.2) is 18.5 Å². The van der Waals surface area contributed by atoms with Crippen molar-refractivity contribution in [2.75, 3.05) is 13.9 Å². The quantitative estimate of drug-likeness (QED) is 0.297. The fourth-order valence-electron chi connectivity index (χ4n) is 3.71. The SMILES string of the molecule is COc1ccc(-c2csc(=Nc3cccc(C(F)(F)F)c3)n2Cc2ccc3c(c2)OCO3)cc1F. The van der Waals surface area contributed by atoms with Gasteiger partial charge in [-0.3, -0.25) is 0 Å². The molecule has 1 aromatic heterocycles. The summed E-state index contributed by atoms with van der Waals surface area (Å²) >= 11 is 1.25. The van der Waals surface area contributed by atoms with E-state index in [1.165, 1.54) is 42.7 Å². The molecule has 5 nitrogen and oxygen atoms in total. The molecule has 1 aliphatic rings. The van der Waals surface area contributed by atoms with E-state index in [9.17, 15) is 17.6 Å². The molecule has 0 saturated carbocycles. The Morgan fingerprint density at radius 2 is 1.86 bits per heavy atom. The first kappa shape index (κ1) is 23.0. The van der Waals surface area contributed by atoms with Gasteiger partial charge in [0.05, 0.1) is 30.6 Å². The van der Waals surface area contributed by atoms with E-state index >= 15 is 0 Å². The number of benzene rings is 3. The summed E-state index contributed by atoms with van der Waals surface area (Å²) in [5.74, 6) is 0.824. The summed E-state index contributed by atoms with van der Waals surface area (Å²) < 4.78 is 71.7. The summed E-state index contributed by atoms with van der Waals surface area (Å²) in [6.07, 6.45) is -4.48. The molecule has 4 aromatic rings. The highest BCUT2D eigenvalue weighted by Crippen LogP contribution is 2.34. The molecule has 0 saturated heterocycles. The second-order valence-electron chi connectivity index (χ2n) is 7.69. The average molecular weight is 502 g/mol. The van der Waals surface area contributed by atoms with E-state index in [-0.39, 0.29) is 18.2 Å². The molecule has 5 rings (SSSR count). The van der Waals surface area contributed by atoms with Gasteiger partial charge in [0.25, 0.3) is 0 Å². The van der Waals surface area contributed by atoms with E-state index < -0.39 is 17.6 Å². The number of halogens is 4. The van der Waals surface area contributed by atoms with Gasteiger partial charge in [0.1, 0.15) is 0 Å². The fraction of sp³-hybridized carbons (Fsp3) is 0.160. The van der Waals surface area contributed by atoms with Crippen molar-refractivity contribution in [3.05, 3.63) is 87.8 Å². The Balaban J connectivity index is 1.62. The maximum Gasteiger partial charge on any atom is 0.416 e. The molecular formula is C25H18F4N2O3S. The number of alkyl halides is 3. The van der Waals surface area contributed by atoms with Crippen molar-refractivity contribution in [2.24, 2.45) is 4.99 Å². The van der Waals surface area contributed by atoms with Gasteiger partial charge < -0.3 is 18.8 Å². The Kier molecular flexibility index (Phi) is 5.98. The van der Waals surface area contributed by atoms with Crippen LogP contribution in [0.25, 0.3) is 11.3 Å². The molecule has 3 aromatic carbocycles. The number of hydrogen-bond donors (Lipinski definition) is 0. The topological polar surface area (TPSA) is 45.0 Å². The molecule has 180 valence electrons. The van der Waals surface area contributed by atoms with Crippen molar-refractivity contribution < 1.29 is 31.8 Å². The van der Waals surface area contributed by atoms with Gasteiger partial charge in [-0.25, -0.2) is 9.38 Å². The van der Waals surface area contributed by atoms with Crippen LogP contribution in [0.3, 0.4) is 0 Å². The molecule has 0 N–H and O–H groups in total. The number of thiazole rings is 1. The first-order valence-electron chi connectivity index (χ1n) is 10.4. The summed E-state index contributed by atoms with van der Waals surface area (Å²) in [5, 5.41) is 1.79. The van der Waals surface area contributed by atoms with Crippen LogP contribution >= 0.6 is 11.3 Å². The minimum Gasteiger partial charge on any atom is -0.494 e. The lowest BCUT2D eigenvalue weighted by atomic mass is 10.1. The molecule has 0 atom stereocenters. The Bertz CT molecular complexity index is 1460. The molecule has 0 fully saturated rings. The summed E-state index contributed by atoms with van der Waals surface area (Å²) in [7, 11) is 1.38. The summed E-state index contributed by atoms with van der Waals surface area (Å²) in [5.41, 5.74) is 1.46. The van der Waals surface area contributed by atoms with Crippen LogP contribution in [0.15, 0.2) is 71.0 Å². The largest absolute Gasteiger partial charge is 0.494 e. The Hall–Kier alpha value is -3.79. The van der Waals surface area contributed by atoms with Crippen molar-refractivity contribution in [1.29, 1.82) is 0 Å². The zero-order chi connectivity index (χ0) is 24.6. The maximum absolute atomic E-state index is 14.5. The fourth-order valence-corrected chi connectivity index (χ4v) is 4.64. The van der Waals surface area contributed by atoms with Crippen LogP contribution < -0.4 is 19.0 Å². The van der Waals surface area contributed by atoms with Crippen LogP contribution in [0.4, 0.5) is 23.2 Å². The highest BCUT2D eigenvalue weighted by atomic mass is 32.1. The van der Waals surface area contributed by atoms with Crippen molar-refractivity contribution in [2.45, 2.75) is 12.7 Å². The minimum absolute atomic E-state index is 0.111. The van der Waals surface area contributed by atoms with E-state index in [1.54, 1.807) is 17.5 Å². The van der Waals surface area contributed by atoms with Gasteiger partial charge in [0.15, 0.2) is 27.9 Å². The van der Waals surface area contributed by atoms with Crippen molar-refractivity contribution in [3.63, 3.8) is 0 Å². The van der Waals surface area contributed by atoms with Gasteiger partial charge in [-0.2, -0.15) is 13.2 Å². The van der Waals surface area contributed by atoms with Gasteiger partial charge in [0, 0.05) is 10.9 Å². The Morgan fingerprint density at radius 3 is 2.63 bits per heavy atom. The van der Waals surface area contributed by atoms with Gasteiger partial charge in [-0.15, -0.1) is 11.3 Å². The third kappa shape index (κ3) is 4.74. The van der Waals surface area contributed by atoms with Gasteiger partial charge in [-0.05, 0) is 54.1 Å². The van der Waals surface area contributed by atoms with Crippen LogP contribution in [-0.2, 0) is 12.7 Å². The predicted octanol–water partition coefficient (Wildman–Crippen LogP) is 6.39. The third-order valence-corrected chi connectivity index (χ3v) is 6.28. The number of methoxy groups -OCH3 is 1. The number of aromatic nitrogens is 1. The molecule has 35 heavy (non-hydrogen) atoms. The van der Waals surface area contributed by atoms with E-state index in [4.69, 9.17) is 14.2 Å². The Labute approximate surface area is 201 Å².